The van der Waals surface area contributed by atoms with E-state index in [1.165, 1.54) is 6.26 Å². The Morgan fingerprint density at radius 3 is 2.92 bits per heavy atom. The number of carbonyl (C=O) groups is 1. The molecule has 1 aromatic rings. The molecule has 1 aromatic heterocycles. The predicted octanol–water partition coefficient (Wildman–Crippen LogP) is 1.06. The lowest BCUT2D eigenvalue weighted by Gasteiger charge is -2.06. The number of aryl methyl sites for hydroxylation is 1. The largest absolute Gasteiger partial charge is 0.481 e. The first kappa shape index (κ1) is 8.80. The highest BCUT2D eigenvalue weighted by atomic mass is 16.4. The first-order chi connectivity index (χ1) is 5.61. The number of nitrogens with two attached hydrogens (primary N) is 1. The van der Waals surface area contributed by atoms with E-state index < -0.39 is 12.0 Å². The summed E-state index contributed by atoms with van der Waals surface area (Å²) in [6, 6.07) is 1.23. The fourth-order valence-electron chi connectivity index (χ4n) is 1.08. The van der Waals surface area contributed by atoms with E-state index in [1.807, 2.05) is 0 Å². The Hall–Kier alpha value is -1.29. The molecule has 0 amide bonds. The Morgan fingerprint density at radius 1 is 1.83 bits per heavy atom. The Bertz CT molecular complexity index is 280. The van der Waals surface area contributed by atoms with Gasteiger partial charge in [0.25, 0.3) is 0 Å². The van der Waals surface area contributed by atoms with E-state index in [4.69, 9.17) is 15.3 Å². The summed E-state index contributed by atoms with van der Waals surface area (Å²) in [5, 5.41) is 8.46. The number of hydrogen-bond acceptors (Lipinski definition) is 3. The maximum atomic E-state index is 10.3. The Morgan fingerprint density at radius 2 is 2.50 bits per heavy atom. The molecule has 0 aromatic carbocycles. The first-order valence-corrected chi connectivity index (χ1v) is 3.62. The Labute approximate surface area is 70.0 Å². The van der Waals surface area contributed by atoms with Gasteiger partial charge in [-0.05, 0) is 13.0 Å². The van der Waals surface area contributed by atoms with Gasteiger partial charge in [0, 0.05) is 11.6 Å². The normalized spacial score (nSPS) is 12.8. The smallest absolute Gasteiger partial charge is 0.305 e. The summed E-state index contributed by atoms with van der Waals surface area (Å²) < 4.78 is 4.99. The van der Waals surface area contributed by atoms with E-state index in [-0.39, 0.29) is 6.42 Å². The quantitative estimate of drug-likeness (QED) is 0.709. The van der Waals surface area contributed by atoms with Crippen LogP contribution in [-0.2, 0) is 4.79 Å². The molecule has 0 aliphatic heterocycles. The summed E-state index contributed by atoms with van der Waals surface area (Å²) in [6.45, 7) is 1.76. The molecule has 0 saturated carbocycles. The number of rotatable bonds is 3. The van der Waals surface area contributed by atoms with Gasteiger partial charge >= 0.3 is 5.97 Å². The van der Waals surface area contributed by atoms with Crippen LogP contribution in [0.15, 0.2) is 16.7 Å². The molecule has 0 bridgehead atoms. The molecule has 1 heterocycles. The van der Waals surface area contributed by atoms with Gasteiger partial charge in [-0.2, -0.15) is 0 Å². The zero-order valence-corrected chi connectivity index (χ0v) is 6.78. The number of furan rings is 1. The van der Waals surface area contributed by atoms with Gasteiger partial charge in [0.15, 0.2) is 0 Å². The van der Waals surface area contributed by atoms with Crippen LogP contribution in [0.1, 0.15) is 23.8 Å². The third-order valence-corrected chi connectivity index (χ3v) is 1.69. The van der Waals surface area contributed by atoms with Gasteiger partial charge in [0.2, 0.25) is 0 Å². The second-order valence-corrected chi connectivity index (χ2v) is 2.64. The van der Waals surface area contributed by atoms with Crippen LogP contribution in [0.25, 0.3) is 0 Å². The fourth-order valence-corrected chi connectivity index (χ4v) is 1.08. The molecular weight excluding hydrogens is 158 g/mol. The fraction of sp³-hybridized carbons (Fsp3) is 0.375. The van der Waals surface area contributed by atoms with E-state index >= 15 is 0 Å². The highest BCUT2D eigenvalue weighted by molar-refractivity contribution is 5.67. The molecule has 4 nitrogen and oxygen atoms in total. The van der Waals surface area contributed by atoms with E-state index in [0.29, 0.717) is 5.76 Å². The van der Waals surface area contributed by atoms with Crippen molar-refractivity contribution in [1.29, 1.82) is 0 Å². The van der Waals surface area contributed by atoms with Crippen LogP contribution in [0.4, 0.5) is 0 Å². The van der Waals surface area contributed by atoms with Gasteiger partial charge in [-0.3, -0.25) is 4.79 Å². The van der Waals surface area contributed by atoms with Crippen molar-refractivity contribution in [1.82, 2.24) is 0 Å². The molecule has 12 heavy (non-hydrogen) atoms. The van der Waals surface area contributed by atoms with E-state index in [0.717, 1.165) is 5.56 Å². The van der Waals surface area contributed by atoms with Gasteiger partial charge in [-0.25, -0.2) is 0 Å². The topological polar surface area (TPSA) is 76.5 Å². The molecule has 0 aliphatic carbocycles. The minimum Gasteiger partial charge on any atom is -0.481 e. The van der Waals surface area contributed by atoms with Gasteiger partial charge in [0.05, 0.1) is 12.7 Å². The lowest BCUT2D eigenvalue weighted by Crippen LogP contribution is -2.15. The second-order valence-electron chi connectivity index (χ2n) is 2.64. The summed E-state index contributed by atoms with van der Waals surface area (Å²) >= 11 is 0. The van der Waals surface area contributed by atoms with Crippen molar-refractivity contribution in [3.05, 3.63) is 23.7 Å². The predicted molar refractivity (Wildman–Crippen MR) is 42.6 cm³/mol. The number of carboxylic acid groups (broad SMARTS) is 1. The van der Waals surface area contributed by atoms with Crippen LogP contribution in [0.3, 0.4) is 0 Å². The van der Waals surface area contributed by atoms with Crippen LogP contribution >= 0.6 is 0 Å². The molecular formula is C8H11NO3. The van der Waals surface area contributed by atoms with Crippen molar-refractivity contribution in [3.8, 4) is 0 Å². The monoisotopic (exact) mass is 169 g/mol. The molecule has 0 aliphatic rings. The third kappa shape index (κ3) is 1.85. The molecule has 0 radical (unpaired) electrons. The van der Waals surface area contributed by atoms with E-state index in [1.54, 1.807) is 13.0 Å². The summed E-state index contributed by atoms with van der Waals surface area (Å²) in [4.78, 5) is 10.3. The number of carboxylic acids is 1. The highest BCUT2D eigenvalue weighted by Crippen LogP contribution is 2.18. The molecule has 0 spiro atoms. The van der Waals surface area contributed by atoms with Gasteiger partial charge in [0.1, 0.15) is 5.76 Å². The summed E-state index contributed by atoms with van der Waals surface area (Å²) in [7, 11) is 0. The molecule has 4 heteroatoms. The lowest BCUT2D eigenvalue weighted by molar-refractivity contribution is -0.137. The van der Waals surface area contributed by atoms with Crippen molar-refractivity contribution in [3.63, 3.8) is 0 Å². The van der Waals surface area contributed by atoms with Crippen LogP contribution in [0, 0.1) is 6.92 Å². The van der Waals surface area contributed by atoms with E-state index in [9.17, 15) is 4.79 Å². The van der Waals surface area contributed by atoms with Gasteiger partial charge in [-0.1, -0.05) is 0 Å². The van der Waals surface area contributed by atoms with Crippen LogP contribution in [0.5, 0.6) is 0 Å². The molecule has 0 saturated heterocycles. The van der Waals surface area contributed by atoms with Crippen molar-refractivity contribution in [2.45, 2.75) is 19.4 Å². The maximum absolute atomic E-state index is 10.3. The van der Waals surface area contributed by atoms with Gasteiger partial charge in [-0.15, -0.1) is 0 Å². The third-order valence-electron chi connectivity index (χ3n) is 1.69. The van der Waals surface area contributed by atoms with Crippen LogP contribution in [0.2, 0.25) is 0 Å². The lowest BCUT2D eigenvalue weighted by atomic mass is 10.1. The Balaban J connectivity index is 2.71. The van der Waals surface area contributed by atoms with E-state index in [2.05, 4.69) is 0 Å². The van der Waals surface area contributed by atoms with Crippen molar-refractivity contribution in [2.24, 2.45) is 5.73 Å². The van der Waals surface area contributed by atoms with Crippen molar-refractivity contribution in [2.75, 3.05) is 0 Å². The zero-order valence-electron chi connectivity index (χ0n) is 6.78. The number of aliphatic carboxylic acids is 1. The first-order valence-electron chi connectivity index (χ1n) is 3.62. The van der Waals surface area contributed by atoms with Gasteiger partial charge < -0.3 is 15.3 Å². The van der Waals surface area contributed by atoms with Crippen molar-refractivity contribution >= 4 is 5.97 Å². The Kier molecular flexibility index (Phi) is 2.50. The van der Waals surface area contributed by atoms with Crippen LogP contribution < -0.4 is 5.73 Å². The minimum atomic E-state index is -0.900. The molecule has 3 N–H and O–H groups in total. The van der Waals surface area contributed by atoms with Crippen LogP contribution in [-0.4, -0.2) is 11.1 Å². The summed E-state index contributed by atoms with van der Waals surface area (Å²) in [5.41, 5.74) is 6.36. The number of hydrogen-bond donors (Lipinski definition) is 2. The molecule has 1 rings (SSSR count). The molecule has 0 fully saturated rings. The SMILES string of the molecule is Cc1occc1[C@@H](N)CC(=O)O. The average molecular weight is 169 g/mol. The minimum absolute atomic E-state index is 0.0691. The highest BCUT2D eigenvalue weighted by Gasteiger charge is 2.14. The summed E-state index contributed by atoms with van der Waals surface area (Å²) in [5.74, 6) is -0.216. The summed E-state index contributed by atoms with van der Waals surface area (Å²) in [6.07, 6.45) is 1.44. The standard InChI is InChI=1S/C8H11NO3/c1-5-6(2-3-12-5)7(9)4-8(10)11/h2-3,7H,4,9H2,1H3,(H,10,11)/t7-/m0/s1. The molecule has 1 atom stereocenters. The molecule has 66 valence electrons. The maximum Gasteiger partial charge on any atom is 0.305 e. The van der Waals surface area contributed by atoms with Crippen molar-refractivity contribution < 1.29 is 14.3 Å². The average Bonchev–Trinajstić information content (AvgIpc) is 2.33. The second kappa shape index (κ2) is 3.40. The molecule has 0 unspecified atom stereocenters. The zero-order chi connectivity index (χ0) is 9.14.